The minimum absolute atomic E-state index is 0.187. The highest BCUT2D eigenvalue weighted by Gasteiger charge is 2.20. The second-order valence-electron chi connectivity index (χ2n) is 4.47. The van der Waals surface area contributed by atoms with E-state index in [-0.39, 0.29) is 12.4 Å². The van der Waals surface area contributed by atoms with Crippen LogP contribution in [0.5, 0.6) is 0 Å². The number of halogens is 1. The third-order valence-electron chi connectivity index (χ3n) is 3.23. The van der Waals surface area contributed by atoms with Crippen molar-refractivity contribution in [1.29, 1.82) is 0 Å². The fourth-order valence-corrected chi connectivity index (χ4v) is 2.23. The zero-order chi connectivity index (χ0) is 12.3. The zero-order valence-corrected chi connectivity index (χ0v) is 10.2. The summed E-state index contributed by atoms with van der Waals surface area (Å²) < 4.78 is 13.2. The number of benzene rings is 1. The van der Waals surface area contributed by atoms with Crippen LogP contribution >= 0.6 is 0 Å². The molecule has 0 atom stereocenters. The van der Waals surface area contributed by atoms with Gasteiger partial charge in [-0.05, 0) is 31.0 Å². The molecule has 1 aliphatic rings. The second-order valence-corrected chi connectivity index (χ2v) is 4.47. The van der Waals surface area contributed by atoms with Gasteiger partial charge in [-0.1, -0.05) is 0 Å². The first-order valence-corrected chi connectivity index (χ1v) is 6.09. The van der Waals surface area contributed by atoms with Gasteiger partial charge in [0.05, 0.1) is 11.4 Å². The Kier molecular flexibility index (Phi) is 3.84. The van der Waals surface area contributed by atoms with Crippen LogP contribution in [0, 0.1) is 5.82 Å². The highest BCUT2D eigenvalue weighted by Crippen LogP contribution is 2.32. The van der Waals surface area contributed by atoms with Gasteiger partial charge in [-0.25, -0.2) is 4.39 Å². The fourth-order valence-electron chi connectivity index (χ4n) is 2.23. The molecule has 0 amide bonds. The molecule has 0 aromatic heterocycles. The SMILES string of the molecule is CN1CCN(CCCCO)c2ccc(F)cc21. The first kappa shape index (κ1) is 12.2. The largest absolute Gasteiger partial charge is 0.396 e. The summed E-state index contributed by atoms with van der Waals surface area (Å²) in [5, 5.41) is 8.79. The molecule has 1 aliphatic heterocycles. The molecule has 0 aliphatic carbocycles. The highest BCUT2D eigenvalue weighted by atomic mass is 19.1. The van der Waals surface area contributed by atoms with Crippen molar-refractivity contribution in [2.24, 2.45) is 0 Å². The van der Waals surface area contributed by atoms with Gasteiger partial charge in [-0.2, -0.15) is 0 Å². The minimum Gasteiger partial charge on any atom is -0.396 e. The molecule has 0 spiro atoms. The van der Waals surface area contributed by atoms with Crippen LogP contribution in [0.15, 0.2) is 18.2 Å². The first-order chi connectivity index (χ1) is 8.22. The number of hydrogen-bond acceptors (Lipinski definition) is 3. The number of aliphatic hydroxyl groups excluding tert-OH is 1. The Morgan fingerprint density at radius 3 is 2.82 bits per heavy atom. The van der Waals surface area contributed by atoms with Crippen molar-refractivity contribution in [3.8, 4) is 0 Å². The van der Waals surface area contributed by atoms with Crippen LogP contribution in [0.4, 0.5) is 15.8 Å². The third kappa shape index (κ3) is 2.69. The van der Waals surface area contributed by atoms with Crippen molar-refractivity contribution >= 4 is 11.4 Å². The van der Waals surface area contributed by atoms with E-state index >= 15 is 0 Å². The lowest BCUT2D eigenvalue weighted by Crippen LogP contribution is -2.39. The molecule has 0 fully saturated rings. The lowest BCUT2D eigenvalue weighted by atomic mass is 10.1. The van der Waals surface area contributed by atoms with Crippen LogP contribution in [0.2, 0.25) is 0 Å². The van der Waals surface area contributed by atoms with Crippen molar-refractivity contribution in [3.05, 3.63) is 24.0 Å². The van der Waals surface area contributed by atoms with E-state index in [1.807, 2.05) is 13.1 Å². The van der Waals surface area contributed by atoms with E-state index < -0.39 is 0 Å². The molecule has 4 heteroatoms. The fraction of sp³-hybridized carbons (Fsp3) is 0.538. The standard InChI is InChI=1S/C13H19FN2O/c1-15-7-8-16(6-2-3-9-17)12-5-4-11(14)10-13(12)15/h4-5,10,17H,2-3,6-9H2,1H3. The summed E-state index contributed by atoms with van der Waals surface area (Å²) in [6.45, 7) is 3.03. The molecule has 1 aromatic rings. The maximum atomic E-state index is 13.2. The molecule has 0 unspecified atom stereocenters. The number of aliphatic hydroxyl groups is 1. The monoisotopic (exact) mass is 238 g/mol. The Labute approximate surface area is 101 Å². The van der Waals surface area contributed by atoms with Gasteiger partial charge in [-0.3, -0.25) is 0 Å². The maximum Gasteiger partial charge on any atom is 0.125 e. The molecule has 2 rings (SSSR count). The Balaban J connectivity index is 2.15. The Hall–Kier alpha value is -1.29. The average Bonchev–Trinajstić information content (AvgIpc) is 2.33. The molecule has 17 heavy (non-hydrogen) atoms. The van der Waals surface area contributed by atoms with E-state index in [0.29, 0.717) is 0 Å². The van der Waals surface area contributed by atoms with E-state index in [1.165, 1.54) is 6.07 Å². The van der Waals surface area contributed by atoms with Crippen molar-refractivity contribution in [3.63, 3.8) is 0 Å². The zero-order valence-electron chi connectivity index (χ0n) is 10.2. The molecular weight excluding hydrogens is 219 g/mol. The van der Waals surface area contributed by atoms with E-state index in [0.717, 1.165) is 43.9 Å². The Morgan fingerprint density at radius 2 is 2.06 bits per heavy atom. The quantitative estimate of drug-likeness (QED) is 0.811. The molecule has 3 nitrogen and oxygen atoms in total. The number of unbranched alkanes of at least 4 members (excludes halogenated alkanes) is 1. The smallest absolute Gasteiger partial charge is 0.125 e. The van der Waals surface area contributed by atoms with Gasteiger partial charge in [0.2, 0.25) is 0 Å². The summed E-state index contributed by atoms with van der Waals surface area (Å²) in [5.74, 6) is -0.187. The van der Waals surface area contributed by atoms with Crippen LogP contribution in [0.3, 0.4) is 0 Å². The predicted molar refractivity (Wildman–Crippen MR) is 68.2 cm³/mol. The van der Waals surface area contributed by atoms with Crippen LogP contribution in [-0.2, 0) is 0 Å². The number of fused-ring (bicyclic) bond motifs is 1. The topological polar surface area (TPSA) is 26.7 Å². The summed E-state index contributed by atoms with van der Waals surface area (Å²) in [6, 6.07) is 4.95. The van der Waals surface area contributed by atoms with Crippen LogP contribution in [0.25, 0.3) is 0 Å². The van der Waals surface area contributed by atoms with Gasteiger partial charge < -0.3 is 14.9 Å². The maximum absolute atomic E-state index is 13.2. The lowest BCUT2D eigenvalue weighted by molar-refractivity contribution is 0.285. The highest BCUT2D eigenvalue weighted by molar-refractivity contribution is 5.73. The first-order valence-electron chi connectivity index (χ1n) is 6.09. The Morgan fingerprint density at radius 1 is 1.24 bits per heavy atom. The van der Waals surface area contributed by atoms with E-state index in [9.17, 15) is 4.39 Å². The number of nitrogens with zero attached hydrogens (tertiary/aromatic N) is 2. The summed E-state index contributed by atoms with van der Waals surface area (Å²) in [6.07, 6.45) is 1.79. The van der Waals surface area contributed by atoms with E-state index in [4.69, 9.17) is 5.11 Å². The number of rotatable bonds is 4. The molecular formula is C13H19FN2O. The van der Waals surface area contributed by atoms with Crippen molar-refractivity contribution < 1.29 is 9.50 Å². The second kappa shape index (κ2) is 5.36. The van der Waals surface area contributed by atoms with Crippen LogP contribution in [-0.4, -0.2) is 38.4 Å². The van der Waals surface area contributed by atoms with Crippen molar-refractivity contribution in [2.45, 2.75) is 12.8 Å². The molecule has 0 bridgehead atoms. The number of anilines is 2. The number of likely N-dealkylation sites (N-methyl/N-ethyl adjacent to an activating group) is 1. The Bertz CT molecular complexity index is 384. The average molecular weight is 238 g/mol. The van der Waals surface area contributed by atoms with Crippen LogP contribution < -0.4 is 9.80 Å². The van der Waals surface area contributed by atoms with Gasteiger partial charge in [0.25, 0.3) is 0 Å². The molecule has 1 N–H and O–H groups in total. The van der Waals surface area contributed by atoms with Gasteiger partial charge in [0.1, 0.15) is 5.82 Å². The summed E-state index contributed by atoms with van der Waals surface area (Å²) in [5.41, 5.74) is 2.05. The van der Waals surface area contributed by atoms with E-state index in [2.05, 4.69) is 9.80 Å². The summed E-state index contributed by atoms with van der Waals surface area (Å²) in [7, 11) is 1.99. The third-order valence-corrected chi connectivity index (χ3v) is 3.23. The van der Waals surface area contributed by atoms with Gasteiger partial charge in [0.15, 0.2) is 0 Å². The van der Waals surface area contributed by atoms with Crippen molar-refractivity contribution in [2.75, 3.05) is 43.1 Å². The van der Waals surface area contributed by atoms with Gasteiger partial charge in [0, 0.05) is 33.3 Å². The molecule has 94 valence electrons. The van der Waals surface area contributed by atoms with Gasteiger partial charge >= 0.3 is 0 Å². The molecule has 0 saturated heterocycles. The summed E-state index contributed by atoms with van der Waals surface area (Å²) in [4.78, 5) is 4.35. The lowest BCUT2D eigenvalue weighted by Gasteiger charge is -2.37. The normalized spacial score (nSPS) is 15.0. The molecule has 0 radical (unpaired) electrons. The number of hydrogen-bond donors (Lipinski definition) is 1. The molecule has 1 aromatic carbocycles. The minimum atomic E-state index is -0.187. The molecule has 1 heterocycles. The molecule has 0 saturated carbocycles. The van der Waals surface area contributed by atoms with Crippen LogP contribution in [0.1, 0.15) is 12.8 Å². The van der Waals surface area contributed by atoms with Crippen molar-refractivity contribution in [1.82, 2.24) is 0 Å². The summed E-state index contributed by atoms with van der Waals surface area (Å²) >= 11 is 0. The predicted octanol–water partition coefficient (Wildman–Crippen LogP) is 1.85. The van der Waals surface area contributed by atoms with E-state index in [1.54, 1.807) is 6.07 Å². The van der Waals surface area contributed by atoms with Gasteiger partial charge in [-0.15, -0.1) is 0 Å².